The minimum absolute atomic E-state index is 0.178. The van der Waals surface area contributed by atoms with Crippen LogP contribution in [0.2, 0.25) is 0 Å². The molecule has 0 radical (unpaired) electrons. The Hall–Kier alpha value is -2.92. The van der Waals surface area contributed by atoms with Gasteiger partial charge in [0.15, 0.2) is 0 Å². The fraction of sp³-hybridized carbons (Fsp3) is 0.364. The second-order valence-corrected chi connectivity index (χ2v) is 10.1. The fourth-order valence-corrected chi connectivity index (χ4v) is 4.93. The number of hydrogen-bond acceptors (Lipinski definition) is 4. The van der Waals surface area contributed by atoms with Crippen LogP contribution in [0.4, 0.5) is 13.2 Å². The maximum absolute atomic E-state index is 13.1. The number of carbonyl (C=O) groups excluding carboxylic acids is 1. The third kappa shape index (κ3) is 5.19. The van der Waals surface area contributed by atoms with Crippen molar-refractivity contribution in [3.8, 4) is 0 Å². The number of sulfonamides is 1. The first-order valence-corrected chi connectivity index (χ1v) is 12.2. The molecular weight excluding hydrogens is 457 g/mol. The first-order valence-electron chi connectivity index (χ1n) is 10.4. The Bertz CT molecular complexity index is 1250. The number of piperidine rings is 1. The molecule has 1 atom stereocenters. The highest BCUT2D eigenvalue weighted by atomic mass is 32.2. The SMILES string of the molecule is CS(=O)(=O)N1CCC(C(=O)N[C@@H](c2ccccc2)c2ccc3nc(C(F)(F)F)[nH]c3c2)CC1. The standard InChI is InChI=1S/C22H23F3N4O3S/c1-33(31,32)29-11-9-15(10-12-29)20(30)28-19(14-5-3-2-4-6-14)16-7-8-17-18(13-16)27-21(26-17)22(23,24)25/h2-8,13,15,19H,9-12H2,1H3,(H,26,27)(H,28,30)/t19-/m0/s1. The predicted molar refractivity (Wildman–Crippen MR) is 117 cm³/mol. The zero-order valence-corrected chi connectivity index (χ0v) is 18.6. The highest BCUT2D eigenvalue weighted by Gasteiger charge is 2.35. The largest absolute Gasteiger partial charge is 0.449 e. The van der Waals surface area contributed by atoms with E-state index in [0.29, 0.717) is 18.4 Å². The van der Waals surface area contributed by atoms with Crippen molar-refractivity contribution in [2.75, 3.05) is 19.3 Å². The lowest BCUT2D eigenvalue weighted by molar-refractivity contribution is -0.144. The Labute approximate surface area is 189 Å². The normalized spacial score (nSPS) is 17.2. The van der Waals surface area contributed by atoms with Gasteiger partial charge in [-0.3, -0.25) is 4.79 Å². The van der Waals surface area contributed by atoms with Gasteiger partial charge in [0.05, 0.1) is 23.3 Å². The average molecular weight is 481 g/mol. The maximum atomic E-state index is 13.1. The van der Waals surface area contributed by atoms with Gasteiger partial charge in [0, 0.05) is 19.0 Å². The van der Waals surface area contributed by atoms with E-state index in [-0.39, 0.29) is 35.9 Å². The number of carbonyl (C=O) groups is 1. The number of rotatable bonds is 5. The molecule has 7 nitrogen and oxygen atoms in total. The Morgan fingerprint density at radius 3 is 2.39 bits per heavy atom. The zero-order chi connectivity index (χ0) is 23.8. The summed E-state index contributed by atoms with van der Waals surface area (Å²) in [6, 6.07) is 13.2. The van der Waals surface area contributed by atoms with Gasteiger partial charge in [-0.1, -0.05) is 36.4 Å². The quantitative estimate of drug-likeness (QED) is 0.585. The van der Waals surface area contributed by atoms with Crippen LogP contribution in [-0.2, 0) is 21.0 Å². The summed E-state index contributed by atoms with van der Waals surface area (Å²) in [6.45, 7) is 0.542. The van der Waals surface area contributed by atoms with Gasteiger partial charge in [0.25, 0.3) is 0 Å². The van der Waals surface area contributed by atoms with Crippen LogP contribution in [0.3, 0.4) is 0 Å². The number of H-pyrrole nitrogens is 1. The van der Waals surface area contributed by atoms with Gasteiger partial charge in [-0.2, -0.15) is 13.2 Å². The Balaban J connectivity index is 1.60. The monoisotopic (exact) mass is 480 g/mol. The van der Waals surface area contributed by atoms with Gasteiger partial charge in [0.1, 0.15) is 0 Å². The lowest BCUT2D eigenvalue weighted by atomic mass is 9.94. The summed E-state index contributed by atoms with van der Waals surface area (Å²) >= 11 is 0. The van der Waals surface area contributed by atoms with Gasteiger partial charge in [-0.05, 0) is 36.1 Å². The molecule has 1 saturated heterocycles. The molecule has 2 heterocycles. The van der Waals surface area contributed by atoms with E-state index in [0.717, 1.165) is 11.8 Å². The van der Waals surface area contributed by atoms with Gasteiger partial charge in [-0.25, -0.2) is 17.7 Å². The van der Waals surface area contributed by atoms with Gasteiger partial charge >= 0.3 is 6.18 Å². The van der Waals surface area contributed by atoms with E-state index in [4.69, 9.17) is 0 Å². The van der Waals surface area contributed by atoms with Crippen LogP contribution in [0.25, 0.3) is 11.0 Å². The first-order chi connectivity index (χ1) is 15.5. The Morgan fingerprint density at radius 1 is 1.12 bits per heavy atom. The van der Waals surface area contributed by atoms with Crippen LogP contribution < -0.4 is 5.32 Å². The van der Waals surface area contributed by atoms with Crippen molar-refractivity contribution in [1.29, 1.82) is 0 Å². The summed E-state index contributed by atoms with van der Waals surface area (Å²) in [5, 5.41) is 3.01. The number of halogens is 3. The molecule has 2 N–H and O–H groups in total. The number of fused-ring (bicyclic) bond motifs is 1. The number of hydrogen-bond donors (Lipinski definition) is 2. The smallest absolute Gasteiger partial charge is 0.345 e. The molecule has 1 aliphatic rings. The molecule has 4 rings (SSSR count). The summed E-state index contributed by atoms with van der Waals surface area (Å²) in [4.78, 5) is 19.0. The molecule has 0 aliphatic carbocycles. The fourth-order valence-electron chi connectivity index (χ4n) is 4.06. The van der Waals surface area contributed by atoms with Crippen LogP contribution in [0, 0.1) is 5.92 Å². The first kappa shape index (κ1) is 23.2. The van der Waals surface area contributed by atoms with Gasteiger partial charge in [-0.15, -0.1) is 0 Å². The van der Waals surface area contributed by atoms with Crippen LogP contribution in [0.15, 0.2) is 48.5 Å². The molecule has 0 bridgehead atoms. The topological polar surface area (TPSA) is 95.2 Å². The summed E-state index contributed by atoms with van der Waals surface area (Å²) in [6.07, 6.45) is -2.65. The zero-order valence-electron chi connectivity index (χ0n) is 17.8. The molecule has 0 saturated carbocycles. The van der Waals surface area contributed by atoms with Crippen LogP contribution in [-0.4, -0.2) is 47.9 Å². The third-order valence-corrected chi connectivity index (χ3v) is 7.12. The second-order valence-electron chi connectivity index (χ2n) is 8.15. The second kappa shape index (κ2) is 8.79. The number of amides is 1. The number of alkyl halides is 3. The molecule has 0 spiro atoms. The maximum Gasteiger partial charge on any atom is 0.449 e. The number of aromatic nitrogens is 2. The number of nitrogens with zero attached hydrogens (tertiary/aromatic N) is 2. The van der Waals surface area contributed by atoms with Crippen LogP contribution in [0.1, 0.15) is 35.8 Å². The lowest BCUT2D eigenvalue weighted by Crippen LogP contribution is -2.43. The average Bonchev–Trinajstić information content (AvgIpc) is 3.21. The van der Waals surface area contributed by atoms with Crippen molar-refractivity contribution in [1.82, 2.24) is 19.6 Å². The Morgan fingerprint density at radius 2 is 1.79 bits per heavy atom. The Kier molecular flexibility index (Phi) is 6.19. The van der Waals surface area contributed by atoms with E-state index in [1.807, 2.05) is 30.3 Å². The van der Waals surface area contributed by atoms with E-state index in [2.05, 4.69) is 15.3 Å². The van der Waals surface area contributed by atoms with E-state index in [1.165, 1.54) is 10.4 Å². The number of imidazole rings is 1. The molecule has 3 aromatic rings. The van der Waals surface area contributed by atoms with Crippen molar-refractivity contribution in [3.63, 3.8) is 0 Å². The molecule has 33 heavy (non-hydrogen) atoms. The van der Waals surface area contributed by atoms with Crippen LogP contribution >= 0.6 is 0 Å². The minimum Gasteiger partial charge on any atom is -0.345 e. The molecule has 1 fully saturated rings. The molecule has 1 aliphatic heterocycles. The molecule has 0 unspecified atom stereocenters. The third-order valence-electron chi connectivity index (χ3n) is 5.82. The van der Waals surface area contributed by atoms with Crippen molar-refractivity contribution >= 4 is 27.0 Å². The molecule has 11 heteroatoms. The van der Waals surface area contributed by atoms with E-state index < -0.39 is 28.1 Å². The van der Waals surface area contributed by atoms with Gasteiger partial charge in [0.2, 0.25) is 21.8 Å². The van der Waals surface area contributed by atoms with Crippen molar-refractivity contribution < 1.29 is 26.4 Å². The predicted octanol–water partition coefficient (Wildman–Crippen LogP) is 3.46. The van der Waals surface area contributed by atoms with Crippen molar-refractivity contribution in [2.45, 2.75) is 25.1 Å². The van der Waals surface area contributed by atoms with E-state index >= 15 is 0 Å². The lowest BCUT2D eigenvalue weighted by Gasteiger charge is -2.30. The highest BCUT2D eigenvalue weighted by Crippen LogP contribution is 2.31. The molecule has 176 valence electrons. The number of aromatic amines is 1. The summed E-state index contributed by atoms with van der Waals surface area (Å²) < 4.78 is 63.9. The summed E-state index contributed by atoms with van der Waals surface area (Å²) in [5.41, 5.74) is 1.77. The number of benzene rings is 2. The summed E-state index contributed by atoms with van der Waals surface area (Å²) in [7, 11) is -3.30. The molecule has 1 amide bonds. The minimum atomic E-state index is -4.59. The van der Waals surface area contributed by atoms with E-state index in [1.54, 1.807) is 12.1 Å². The van der Waals surface area contributed by atoms with Crippen molar-refractivity contribution in [3.05, 3.63) is 65.5 Å². The number of nitrogens with one attached hydrogen (secondary N) is 2. The summed E-state index contributed by atoms with van der Waals surface area (Å²) in [5.74, 6) is -1.66. The molecular formula is C22H23F3N4O3S. The molecule has 1 aromatic heterocycles. The van der Waals surface area contributed by atoms with Crippen LogP contribution in [0.5, 0.6) is 0 Å². The molecule has 2 aromatic carbocycles. The van der Waals surface area contributed by atoms with E-state index in [9.17, 15) is 26.4 Å². The van der Waals surface area contributed by atoms with Gasteiger partial charge < -0.3 is 10.3 Å². The highest BCUT2D eigenvalue weighted by molar-refractivity contribution is 7.88. The van der Waals surface area contributed by atoms with Crippen molar-refractivity contribution in [2.24, 2.45) is 5.92 Å².